The molecule has 1 aromatic carbocycles. The molecule has 3 rings (SSSR count). The molecule has 0 aliphatic carbocycles. The Hall–Kier alpha value is -1.85. The van der Waals surface area contributed by atoms with E-state index in [0.717, 1.165) is 16.6 Å². The van der Waals surface area contributed by atoms with E-state index in [9.17, 15) is 9.90 Å². The molecule has 0 saturated carbocycles. The minimum Gasteiger partial charge on any atom is -0.481 e. The first-order valence-electron chi connectivity index (χ1n) is 6.37. The SMILES string of the molecule is O=C(O)C1CNC(c2cc3ccccc3[nH]2)CC1O. The van der Waals surface area contributed by atoms with Crippen LogP contribution >= 0.6 is 0 Å². The lowest BCUT2D eigenvalue weighted by Crippen LogP contribution is -2.45. The number of aromatic amines is 1. The summed E-state index contributed by atoms with van der Waals surface area (Å²) in [5, 5.41) is 23.2. The highest BCUT2D eigenvalue weighted by Gasteiger charge is 2.34. The molecule has 0 bridgehead atoms. The van der Waals surface area contributed by atoms with Crippen LogP contribution in [0.5, 0.6) is 0 Å². The third-order valence-electron chi connectivity index (χ3n) is 3.77. The first kappa shape index (κ1) is 12.2. The van der Waals surface area contributed by atoms with Crippen LogP contribution in [-0.4, -0.2) is 33.8 Å². The fourth-order valence-electron chi connectivity index (χ4n) is 2.67. The molecule has 1 aliphatic heterocycles. The van der Waals surface area contributed by atoms with Crippen molar-refractivity contribution < 1.29 is 15.0 Å². The normalized spacial score (nSPS) is 27.5. The van der Waals surface area contributed by atoms with E-state index in [1.165, 1.54) is 0 Å². The number of piperidine rings is 1. The van der Waals surface area contributed by atoms with Gasteiger partial charge in [-0.25, -0.2) is 0 Å². The molecule has 0 radical (unpaired) electrons. The largest absolute Gasteiger partial charge is 0.481 e. The second-order valence-electron chi connectivity index (χ2n) is 5.02. The van der Waals surface area contributed by atoms with Gasteiger partial charge in [-0.2, -0.15) is 0 Å². The van der Waals surface area contributed by atoms with Gasteiger partial charge >= 0.3 is 5.97 Å². The van der Waals surface area contributed by atoms with Crippen LogP contribution in [0.15, 0.2) is 30.3 Å². The van der Waals surface area contributed by atoms with Gasteiger partial charge in [-0.1, -0.05) is 18.2 Å². The number of carbonyl (C=O) groups is 1. The van der Waals surface area contributed by atoms with Crippen molar-refractivity contribution in [1.29, 1.82) is 0 Å². The first-order valence-corrected chi connectivity index (χ1v) is 6.37. The number of aromatic nitrogens is 1. The van der Waals surface area contributed by atoms with Crippen molar-refractivity contribution in [2.24, 2.45) is 5.92 Å². The second-order valence-corrected chi connectivity index (χ2v) is 5.02. The van der Waals surface area contributed by atoms with Gasteiger partial charge in [0.05, 0.1) is 12.0 Å². The standard InChI is InChI=1S/C14H16N2O3/c17-13-6-11(15-7-9(13)14(18)19)12-5-8-3-1-2-4-10(8)16-12/h1-5,9,11,13,15-17H,6-7H2,(H,18,19). The van der Waals surface area contributed by atoms with Crippen molar-refractivity contribution in [1.82, 2.24) is 10.3 Å². The zero-order valence-corrected chi connectivity index (χ0v) is 10.3. The summed E-state index contributed by atoms with van der Waals surface area (Å²) >= 11 is 0. The molecule has 5 nitrogen and oxygen atoms in total. The number of fused-ring (bicyclic) bond motifs is 1. The Bertz CT molecular complexity index is 575. The number of aliphatic carboxylic acids is 1. The zero-order valence-electron chi connectivity index (χ0n) is 10.3. The third-order valence-corrected chi connectivity index (χ3v) is 3.77. The second kappa shape index (κ2) is 4.68. The number of nitrogens with one attached hydrogen (secondary N) is 2. The van der Waals surface area contributed by atoms with Crippen LogP contribution in [-0.2, 0) is 4.79 Å². The predicted molar refractivity (Wildman–Crippen MR) is 70.8 cm³/mol. The van der Waals surface area contributed by atoms with Crippen LogP contribution in [0, 0.1) is 5.92 Å². The van der Waals surface area contributed by atoms with Crippen molar-refractivity contribution in [2.45, 2.75) is 18.6 Å². The summed E-state index contributed by atoms with van der Waals surface area (Å²) in [6.07, 6.45) is -0.403. The summed E-state index contributed by atoms with van der Waals surface area (Å²) in [5.74, 6) is -1.67. The van der Waals surface area contributed by atoms with Crippen molar-refractivity contribution >= 4 is 16.9 Å². The van der Waals surface area contributed by atoms with Gasteiger partial charge in [-0.05, 0) is 23.9 Å². The average molecular weight is 260 g/mol. The lowest BCUT2D eigenvalue weighted by molar-refractivity contribution is -0.147. The summed E-state index contributed by atoms with van der Waals surface area (Å²) in [6.45, 7) is 0.288. The monoisotopic (exact) mass is 260 g/mol. The maximum absolute atomic E-state index is 10.9. The van der Waals surface area contributed by atoms with E-state index >= 15 is 0 Å². The van der Waals surface area contributed by atoms with Gasteiger partial charge in [0.25, 0.3) is 0 Å². The highest BCUT2D eigenvalue weighted by Crippen LogP contribution is 2.28. The number of hydrogen-bond acceptors (Lipinski definition) is 3. The predicted octanol–water partition coefficient (Wildman–Crippen LogP) is 1.26. The van der Waals surface area contributed by atoms with Gasteiger partial charge in [0.2, 0.25) is 0 Å². The van der Waals surface area contributed by atoms with Crippen LogP contribution in [0.25, 0.3) is 10.9 Å². The van der Waals surface area contributed by atoms with Gasteiger partial charge in [0.15, 0.2) is 0 Å². The molecule has 1 aromatic heterocycles. The molecule has 2 aromatic rings. The zero-order chi connectivity index (χ0) is 13.4. The number of rotatable bonds is 2. The topological polar surface area (TPSA) is 85.4 Å². The molecule has 1 aliphatic rings. The van der Waals surface area contributed by atoms with Crippen LogP contribution in [0.1, 0.15) is 18.2 Å². The van der Waals surface area contributed by atoms with Crippen molar-refractivity contribution in [3.8, 4) is 0 Å². The molecule has 3 atom stereocenters. The van der Waals surface area contributed by atoms with E-state index in [2.05, 4.69) is 10.3 Å². The van der Waals surface area contributed by atoms with E-state index < -0.39 is 18.0 Å². The number of benzene rings is 1. The number of H-pyrrole nitrogens is 1. The molecule has 1 fully saturated rings. The summed E-state index contributed by atoms with van der Waals surface area (Å²) in [5.41, 5.74) is 2.04. The smallest absolute Gasteiger partial charge is 0.310 e. The number of para-hydroxylation sites is 1. The van der Waals surface area contributed by atoms with E-state index in [0.29, 0.717) is 6.42 Å². The Morgan fingerprint density at radius 2 is 2.11 bits per heavy atom. The van der Waals surface area contributed by atoms with E-state index in [1.807, 2.05) is 30.3 Å². The van der Waals surface area contributed by atoms with Crippen molar-refractivity contribution in [2.75, 3.05) is 6.54 Å². The minimum absolute atomic E-state index is 0.0296. The molecule has 0 amide bonds. The van der Waals surface area contributed by atoms with Crippen molar-refractivity contribution in [3.63, 3.8) is 0 Å². The number of aliphatic hydroxyl groups is 1. The lowest BCUT2D eigenvalue weighted by atomic mass is 9.90. The summed E-state index contributed by atoms with van der Waals surface area (Å²) in [7, 11) is 0. The van der Waals surface area contributed by atoms with Gasteiger partial charge in [-0.15, -0.1) is 0 Å². The third kappa shape index (κ3) is 2.22. The van der Waals surface area contributed by atoms with E-state index in [-0.39, 0.29) is 12.6 Å². The maximum Gasteiger partial charge on any atom is 0.310 e. The van der Waals surface area contributed by atoms with Crippen LogP contribution < -0.4 is 5.32 Å². The highest BCUT2D eigenvalue weighted by atomic mass is 16.4. The molecule has 0 spiro atoms. The van der Waals surface area contributed by atoms with Crippen LogP contribution in [0.4, 0.5) is 0 Å². The van der Waals surface area contributed by atoms with Crippen molar-refractivity contribution in [3.05, 3.63) is 36.0 Å². The van der Waals surface area contributed by atoms with Gasteiger partial charge < -0.3 is 20.5 Å². The number of hydrogen-bond donors (Lipinski definition) is 4. The summed E-state index contributed by atoms with van der Waals surface area (Å²) in [6, 6.07) is 9.97. The molecular weight excluding hydrogens is 244 g/mol. The van der Waals surface area contributed by atoms with Gasteiger partial charge in [0.1, 0.15) is 0 Å². The Labute approximate surface area is 110 Å². The molecular formula is C14H16N2O3. The Morgan fingerprint density at radius 3 is 2.79 bits per heavy atom. The fraction of sp³-hybridized carbons (Fsp3) is 0.357. The molecule has 100 valence electrons. The molecule has 1 saturated heterocycles. The molecule has 2 heterocycles. The highest BCUT2D eigenvalue weighted by molar-refractivity contribution is 5.80. The summed E-state index contributed by atoms with van der Waals surface area (Å²) in [4.78, 5) is 14.2. The number of aliphatic hydroxyl groups excluding tert-OH is 1. The Morgan fingerprint density at radius 1 is 1.32 bits per heavy atom. The maximum atomic E-state index is 10.9. The molecule has 4 N–H and O–H groups in total. The first-order chi connectivity index (χ1) is 9.15. The quantitative estimate of drug-likeness (QED) is 0.655. The molecule has 3 unspecified atom stereocenters. The summed E-state index contributed by atoms with van der Waals surface area (Å²) < 4.78 is 0. The van der Waals surface area contributed by atoms with E-state index in [4.69, 9.17) is 5.11 Å². The molecule has 19 heavy (non-hydrogen) atoms. The van der Waals surface area contributed by atoms with Gasteiger partial charge in [-0.3, -0.25) is 4.79 Å². The Kier molecular flexibility index (Phi) is 3.00. The van der Waals surface area contributed by atoms with Crippen LogP contribution in [0.3, 0.4) is 0 Å². The average Bonchev–Trinajstić information content (AvgIpc) is 2.81. The lowest BCUT2D eigenvalue weighted by Gasteiger charge is -2.31. The minimum atomic E-state index is -0.949. The van der Waals surface area contributed by atoms with Gasteiger partial charge in [0, 0.05) is 23.8 Å². The number of carboxylic acids is 1. The van der Waals surface area contributed by atoms with Crippen LogP contribution in [0.2, 0.25) is 0 Å². The molecule has 5 heteroatoms. The fourth-order valence-corrected chi connectivity index (χ4v) is 2.67. The van der Waals surface area contributed by atoms with E-state index in [1.54, 1.807) is 0 Å². The Balaban J connectivity index is 1.82. The number of carboxylic acid groups (broad SMARTS) is 1.